The third-order valence-electron chi connectivity index (χ3n) is 5.97. The lowest BCUT2D eigenvalue weighted by Crippen LogP contribution is -2.49. The van der Waals surface area contributed by atoms with Gasteiger partial charge >= 0.3 is 0 Å². The van der Waals surface area contributed by atoms with Crippen LogP contribution in [-0.4, -0.2) is 58.1 Å². The SMILES string of the molecule is Cc1ccc(S(=O)(=O)N2CCN(Cn3nc(C)n(-c4ccccc4C)c3=S)CC2)c(C)c1. The molecule has 0 bridgehead atoms. The summed E-state index contributed by atoms with van der Waals surface area (Å²) >= 11 is 5.72. The van der Waals surface area contributed by atoms with Gasteiger partial charge in [0, 0.05) is 26.2 Å². The van der Waals surface area contributed by atoms with E-state index in [1.54, 1.807) is 10.4 Å². The molecule has 0 N–H and O–H groups in total. The number of aromatic nitrogens is 3. The highest BCUT2D eigenvalue weighted by molar-refractivity contribution is 7.89. The molecule has 1 aliphatic rings. The van der Waals surface area contributed by atoms with Crippen LogP contribution in [0.2, 0.25) is 0 Å². The van der Waals surface area contributed by atoms with Crippen LogP contribution >= 0.6 is 12.2 Å². The van der Waals surface area contributed by atoms with Gasteiger partial charge in [0.15, 0.2) is 0 Å². The predicted molar refractivity (Wildman–Crippen MR) is 128 cm³/mol. The number of hydrogen-bond donors (Lipinski definition) is 0. The van der Waals surface area contributed by atoms with Gasteiger partial charge in [0.25, 0.3) is 0 Å². The van der Waals surface area contributed by atoms with Crippen LogP contribution in [0.4, 0.5) is 0 Å². The van der Waals surface area contributed by atoms with Crippen LogP contribution in [0.25, 0.3) is 5.69 Å². The molecule has 1 aliphatic heterocycles. The van der Waals surface area contributed by atoms with Crippen LogP contribution in [0, 0.1) is 32.5 Å². The molecule has 9 heteroatoms. The molecule has 170 valence electrons. The van der Waals surface area contributed by atoms with Gasteiger partial charge in [0.05, 0.1) is 17.3 Å². The van der Waals surface area contributed by atoms with Crippen molar-refractivity contribution in [1.29, 1.82) is 0 Å². The van der Waals surface area contributed by atoms with Gasteiger partial charge in [-0.15, -0.1) is 0 Å². The lowest BCUT2D eigenvalue weighted by atomic mass is 10.2. The summed E-state index contributed by atoms with van der Waals surface area (Å²) in [5.41, 5.74) is 4.02. The van der Waals surface area contributed by atoms with E-state index in [0.717, 1.165) is 28.2 Å². The zero-order valence-electron chi connectivity index (χ0n) is 18.9. The fourth-order valence-corrected chi connectivity index (χ4v) is 6.19. The standard InChI is InChI=1S/C23H29N5O2S2/c1-17-9-10-22(19(3)15-17)32(29,30)26-13-11-25(12-14-26)16-27-23(31)28(20(4)24-27)21-8-6-5-7-18(21)2/h5-10,15H,11-14,16H2,1-4H3. The van der Waals surface area contributed by atoms with E-state index < -0.39 is 10.0 Å². The molecule has 2 aromatic carbocycles. The van der Waals surface area contributed by atoms with Crippen LogP contribution in [0.5, 0.6) is 0 Å². The minimum atomic E-state index is -3.50. The van der Waals surface area contributed by atoms with E-state index in [1.807, 2.05) is 60.4 Å². The average Bonchev–Trinajstić information content (AvgIpc) is 3.01. The maximum atomic E-state index is 13.1. The number of sulfonamides is 1. The number of aryl methyl sites for hydroxylation is 4. The molecular weight excluding hydrogens is 442 g/mol. The van der Waals surface area contributed by atoms with Crippen molar-refractivity contribution >= 4 is 22.2 Å². The molecule has 32 heavy (non-hydrogen) atoms. The molecule has 0 saturated carbocycles. The van der Waals surface area contributed by atoms with Gasteiger partial charge in [-0.2, -0.15) is 9.40 Å². The Morgan fingerprint density at radius 2 is 1.62 bits per heavy atom. The Morgan fingerprint density at radius 3 is 2.28 bits per heavy atom. The van der Waals surface area contributed by atoms with E-state index in [0.29, 0.717) is 42.5 Å². The maximum Gasteiger partial charge on any atom is 0.243 e. The van der Waals surface area contributed by atoms with Gasteiger partial charge in [-0.05, 0) is 63.2 Å². The minimum absolute atomic E-state index is 0.395. The molecule has 0 aliphatic carbocycles. The second-order valence-electron chi connectivity index (χ2n) is 8.38. The quantitative estimate of drug-likeness (QED) is 0.532. The van der Waals surface area contributed by atoms with Crippen molar-refractivity contribution in [3.8, 4) is 5.69 Å². The molecule has 1 fully saturated rings. The molecule has 1 saturated heterocycles. The molecule has 0 atom stereocenters. The molecule has 7 nitrogen and oxygen atoms in total. The highest BCUT2D eigenvalue weighted by atomic mass is 32.2. The number of hydrogen-bond acceptors (Lipinski definition) is 5. The zero-order valence-corrected chi connectivity index (χ0v) is 20.6. The molecule has 0 radical (unpaired) electrons. The Bertz CT molecular complexity index is 1300. The number of rotatable bonds is 5. The van der Waals surface area contributed by atoms with Crippen LogP contribution in [0.3, 0.4) is 0 Å². The third kappa shape index (κ3) is 4.30. The van der Waals surface area contributed by atoms with Crippen LogP contribution in [-0.2, 0) is 16.7 Å². The Hall–Kier alpha value is -2.33. The summed E-state index contributed by atoms with van der Waals surface area (Å²) in [6.45, 7) is 10.5. The summed E-state index contributed by atoms with van der Waals surface area (Å²) in [4.78, 5) is 2.59. The van der Waals surface area contributed by atoms with E-state index in [-0.39, 0.29) is 0 Å². The summed E-state index contributed by atoms with van der Waals surface area (Å²) in [6, 6.07) is 13.6. The molecule has 0 unspecified atom stereocenters. The normalized spacial score (nSPS) is 15.9. The number of benzene rings is 2. The van der Waals surface area contributed by atoms with Gasteiger partial charge in [-0.25, -0.2) is 13.1 Å². The van der Waals surface area contributed by atoms with Crippen molar-refractivity contribution in [2.24, 2.45) is 0 Å². The van der Waals surface area contributed by atoms with Crippen LogP contribution in [0.15, 0.2) is 47.4 Å². The Morgan fingerprint density at radius 1 is 0.938 bits per heavy atom. The summed E-state index contributed by atoms with van der Waals surface area (Å²) < 4.78 is 32.3. The first-order valence-electron chi connectivity index (χ1n) is 10.7. The molecule has 1 aromatic heterocycles. The smallest absolute Gasteiger partial charge is 0.243 e. The highest BCUT2D eigenvalue weighted by Gasteiger charge is 2.30. The monoisotopic (exact) mass is 471 g/mol. The fraction of sp³-hybridized carbons (Fsp3) is 0.391. The second-order valence-corrected chi connectivity index (χ2v) is 10.7. The first-order chi connectivity index (χ1) is 15.2. The number of piperazine rings is 1. The van der Waals surface area contributed by atoms with Crippen LogP contribution < -0.4 is 0 Å². The van der Waals surface area contributed by atoms with Gasteiger partial charge < -0.3 is 0 Å². The van der Waals surface area contributed by atoms with Gasteiger partial charge in [0.1, 0.15) is 5.82 Å². The maximum absolute atomic E-state index is 13.1. The van der Waals surface area contributed by atoms with E-state index in [4.69, 9.17) is 12.2 Å². The van der Waals surface area contributed by atoms with E-state index >= 15 is 0 Å². The summed E-state index contributed by atoms with van der Waals surface area (Å²) in [5.74, 6) is 0.834. The van der Waals surface area contributed by atoms with Gasteiger partial charge in [0.2, 0.25) is 14.8 Å². The summed E-state index contributed by atoms with van der Waals surface area (Å²) in [6.07, 6.45) is 0. The highest BCUT2D eigenvalue weighted by Crippen LogP contribution is 2.22. The van der Waals surface area contributed by atoms with Gasteiger partial charge in [-0.1, -0.05) is 35.9 Å². The van der Waals surface area contributed by atoms with Crippen molar-refractivity contribution in [1.82, 2.24) is 23.6 Å². The van der Waals surface area contributed by atoms with Crippen molar-refractivity contribution in [3.05, 3.63) is 69.8 Å². The zero-order chi connectivity index (χ0) is 23.0. The minimum Gasteiger partial charge on any atom is -0.282 e. The molecule has 0 spiro atoms. The van der Waals surface area contributed by atoms with E-state index in [9.17, 15) is 8.42 Å². The molecule has 3 aromatic rings. The molecule has 2 heterocycles. The van der Waals surface area contributed by atoms with Crippen molar-refractivity contribution in [3.63, 3.8) is 0 Å². The Labute approximate surface area is 195 Å². The largest absolute Gasteiger partial charge is 0.282 e. The van der Waals surface area contributed by atoms with Gasteiger partial charge in [-0.3, -0.25) is 9.47 Å². The number of nitrogens with zero attached hydrogens (tertiary/aromatic N) is 5. The summed E-state index contributed by atoms with van der Waals surface area (Å²) in [5, 5.41) is 4.66. The molecule has 0 amide bonds. The Kier molecular flexibility index (Phi) is 6.35. The van der Waals surface area contributed by atoms with Crippen molar-refractivity contribution in [2.45, 2.75) is 39.3 Å². The fourth-order valence-electron chi connectivity index (χ4n) is 4.23. The lowest BCUT2D eigenvalue weighted by molar-refractivity contribution is 0.144. The van der Waals surface area contributed by atoms with Crippen molar-refractivity contribution in [2.75, 3.05) is 26.2 Å². The molecule has 4 rings (SSSR count). The topological polar surface area (TPSA) is 63.4 Å². The first-order valence-corrected chi connectivity index (χ1v) is 12.6. The third-order valence-corrected chi connectivity index (χ3v) is 8.42. The van der Waals surface area contributed by atoms with E-state index in [1.165, 1.54) is 0 Å². The first kappa shape index (κ1) is 22.8. The average molecular weight is 472 g/mol. The second kappa shape index (κ2) is 8.90. The van der Waals surface area contributed by atoms with E-state index in [2.05, 4.69) is 23.0 Å². The molecular formula is C23H29N5O2S2. The number of para-hydroxylation sites is 1. The van der Waals surface area contributed by atoms with Crippen LogP contribution in [0.1, 0.15) is 22.5 Å². The predicted octanol–water partition coefficient (Wildman–Crippen LogP) is 3.60. The lowest BCUT2D eigenvalue weighted by Gasteiger charge is -2.34. The Balaban J connectivity index is 1.48. The van der Waals surface area contributed by atoms with Crippen molar-refractivity contribution < 1.29 is 8.42 Å². The summed E-state index contributed by atoms with van der Waals surface area (Å²) in [7, 11) is -3.50.